The molecule has 0 unspecified atom stereocenters. The number of anilines is 1. The van der Waals surface area contributed by atoms with E-state index >= 15 is 0 Å². The van der Waals surface area contributed by atoms with Crippen molar-refractivity contribution in [1.29, 1.82) is 0 Å². The van der Waals surface area contributed by atoms with Gasteiger partial charge in [-0.05, 0) is 36.1 Å². The number of hydrogen-bond acceptors (Lipinski definition) is 3. The van der Waals surface area contributed by atoms with Crippen LogP contribution in [-0.4, -0.2) is 17.5 Å². The lowest BCUT2D eigenvalue weighted by Crippen LogP contribution is -2.16. The van der Waals surface area contributed by atoms with Crippen LogP contribution in [0.25, 0.3) is 0 Å². The molecule has 0 heterocycles. The van der Waals surface area contributed by atoms with Gasteiger partial charge in [0.1, 0.15) is 0 Å². The first-order chi connectivity index (χ1) is 13.9. The molecule has 146 valence electrons. The summed E-state index contributed by atoms with van der Waals surface area (Å²) >= 11 is 0. The van der Waals surface area contributed by atoms with E-state index < -0.39 is 11.6 Å². The zero-order chi connectivity index (χ0) is 21.0. The molecular weight excluding hydrogens is 362 g/mol. The molecule has 0 aliphatic carbocycles. The molecule has 0 radical (unpaired) electrons. The molecule has 3 rings (SSSR count). The molecule has 3 aromatic carbocycles. The quantitative estimate of drug-likeness (QED) is 0.454. The zero-order valence-corrected chi connectivity index (χ0v) is 16.7. The van der Waals surface area contributed by atoms with E-state index in [1.807, 2.05) is 25.1 Å². The number of amides is 1. The average molecular weight is 385 g/mol. The van der Waals surface area contributed by atoms with E-state index in [-0.39, 0.29) is 17.4 Å². The minimum Gasteiger partial charge on any atom is -0.321 e. The first kappa shape index (κ1) is 20.2. The Kier molecular flexibility index (Phi) is 6.03. The summed E-state index contributed by atoms with van der Waals surface area (Å²) in [6.45, 7) is 6.11. The summed E-state index contributed by atoms with van der Waals surface area (Å²) < 4.78 is 0. The Morgan fingerprint density at radius 3 is 1.83 bits per heavy atom. The lowest BCUT2D eigenvalue weighted by Gasteiger charge is -2.16. The molecule has 0 atom stereocenters. The van der Waals surface area contributed by atoms with Crippen LogP contribution in [0.1, 0.15) is 62.0 Å². The standard InChI is InChI=1S/C25H23NO3/c1-16(2)21-11-7-8-17(3)22(21)26-25(29)20-14-12-19(13-15-20)24(28)23(27)18-9-5-4-6-10-18/h4-16H,1-3H3,(H,26,29). The molecule has 0 spiro atoms. The van der Waals surface area contributed by atoms with Crippen LogP contribution in [-0.2, 0) is 0 Å². The molecule has 4 nitrogen and oxygen atoms in total. The van der Waals surface area contributed by atoms with Gasteiger partial charge in [0.25, 0.3) is 5.91 Å². The highest BCUT2D eigenvalue weighted by molar-refractivity contribution is 6.49. The normalized spacial score (nSPS) is 10.6. The minimum absolute atomic E-state index is 0.255. The van der Waals surface area contributed by atoms with Gasteiger partial charge in [-0.3, -0.25) is 14.4 Å². The van der Waals surface area contributed by atoms with Crippen LogP contribution in [0.4, 0.5) is 5.69 Å². The van der Waals surface area contributed by atoms with Crippen LogP contribution in [0.3, 0.4) is 0 Å². The van der Waals surface area contributed by atoms with Crippen molar-refractivity contribution < 1.29 is 14.4 Å². The van der Waals surface area contributed by atoms with E-state index in [1.165, 1.54) is 12.1 Å². The Bertz CT molecular complexity index is 1050. The van der Waals surface area contributed by atoms with E-state index in [2.05, 4.69) is 19.2 Å². The van der Waals surface area contributed by atoms with Gasteiger partial charge in [0, 0.05) is 22.4 Å². The van der Waals surface area contributed by atoms with Crippen LogP contribution in [0.15, 0.2) is 72.8 Å². The summed E-state index contributed by atoms with van der Waals surface area (Å²) in [6, 6.07) is 20.5. The van der Waals surface area contributed by atoms with Crippen LogP contribution in [0.5, 0.6) is 0 Å². The second kappa shape index (κ2) is 8.65. The summed E-state index contributed by atoms with van der Waals surface area (Å²) in [5, 5.41) is 2.98. The molecule has 1 amide bonds. The SMILES string of the molecule is Cc1cccc(C(C)C)c1NC(=O)c1ccc(C(=O)C(=O)c2ccccc2)cc1. The predicted molar refractivity (Wildman–Crippen MR) is 115 cm³/mol. The number of rotatable bonds is 6. The van der Waals surface area contributed by atoms with Crippen molar-refractivity contribution in [2.24, 2.45) is 0 Å². The van der Waals surface area contributed by atoms with Gasteiger partial charge in [0.2, 0.25) is 11.6 Å². The van der Waals surface area contributed by atoms with Crippen molar-refractivity contribution in [2.45, 2.75) is 26.7 Å². The molecule has 0 fully saturated rings. The molecule has 0 saturated carbocycles. The number of carbonyl (C=O) groups is 3. The van der Waals surface area contributed by atoms with Crippen molar-refractivity contribution in [3.05, 3.63) is 101 Å². The Balaban J connectivity index is 1.78. The number of nitrogens with one attached hydrogen (secondary N) is 1. The van der Waals surface area contributed by atoms with Gasteiger partial charge in [-0.15, -0.1) is 0 Å². The molecule has 3 aromatic rings. The average Bonchev–Trinajstić information content (AvgIpc) is 2.74. The number of benzene rings is 3. The minimum atomic E-state index is -0.593. The lowest BCUT2D eigenvalue weighted by atomic mass is 9.97. The highest BCUT2D eigenvalue weighted by atomic mass is 16.2. The van der Waals surface area contributed by atoms with E-state index in [4.69, 9.17) is 0 Å². The molecule has 0 aliphatic rings. The van der Waals surface area contributed by atoms with Crippen LogP contribution in [0.2, 0.25) is 0 Å². The summed E-state index contributed by atoms with van der Waals surface area (Å²) in [6.07, 6.45) is 0. The predicted octanol–water partition coefficient (Wildman–Crippen LogP) is 5.44. The van der Waals surface area contributed by atoms with Crippen LogP contribution >= 0.6 is 0 Å². The summed E-state index contributed by atoms with van der Waals surface area (Å²) in [4.78, 5) is 37.5. The monoisotopic (exact) mass is 385 g/mol. The van der Waals surface area contributed by atoms with Gasteiger partial charge < -0.3 is 5.32 Å². The molecule has 0 bridgehead atoms. The van der Waals surface area contributed by atoms with E-state index in [0.717, 1.165) is 16.8 Å². The van der Waals surface area contributed by atoms with Gasteiger partial charge in [-0.25, -0.2) is 0 Å². The number of hydrogen-bond donors (Lipinski definition) is 1. The van der Waals surface area contributed by atoms with Gasteiger partial charge in [0.15, 0.2) is 0 Å². The van der Waals surface area contributed by atoms with Crippen molar-refractivity contribution in [2.75, 3.05) is 5.32 Å². The van der Waals surface area contributed by atoms with Gasteiger partial charge in [-0.2, -0.15) is 0 Å². The third kappa shape index (κ3) is 4.49. The Morgan fingerprint density at radius 2 is 1.24 bits per heavy atom. The molecule has 0 aliphatic heterocycles. The lowest BCUT2D eigenvalue weighted by molar-refractivity contribution is 0.0817. The Hall–Kier alpha value is -3.53. The topological polar surface area (TPSA) is 63.2 Å². The van der Waals surface area contributed by atoms with Crippen molar-refractivity contribution >= 4 is 23.2 Å². The number of aryl methyl sites for hydroxylation is 1. The second-order valence-corrected chi connectivity index (χ2v) is 7.25. The fourth-order valence-corrected chi connectivity index (χ4v) is 3.15. The van der Waals surface area contributed by atoms with Crippen LogP contribution < -0.4 is 5.32 Å². The number of Topliss-reactive ketones (excluding diaryl/α,β-unsaturated/α-hetero) is 2. The van der Waals surface area contributed by atoms with E-state index in [9.17, 15) is 14.4 Å². The van der Waals surface area contributed by atoms with Crippen LogP contribution in [0, 0.1) is 6.92 Å². The van der Waals surface area contributed by atoms with Gasteiger partial charge in [-0.1, -0.05) is 74.5 Å². The smallest absolute Gasteiger partial charge is 0.255 e. The Labute approximate surface area is 170 Å². The third-order valence-electron chi connectivity index (χ3n) is 4.82. The van der Waals surface area contributed by atoms with Crippen molar-refractivity contribution in [3.63, 3.8) is 0 Å². The molecule has 4 heteroatoms. The molecular formula is C25H23NO3. The molecule has 29 heavy (non-hydrogen) atoms. The fourth-order valence-electron chi connectivity index (χ4n) is 3.15. The van der Waals surface area contributed by atoms with Gasteiger partial charge in [0.05, 0.1) is 0 Å². The van der Waals surface area contributed by atoms with E-state index in [0.29, 0.717) is 11.1 Å². The summed E-state index contributed by atoms with van der Waals surface area (Å²) in [5.74, 6) is -1.14. The molecule has 0 aromatic heterocycles. The highest BCUT2D eigenvalue weighted by Crippen LogP contribution is 2.27. The number of ketones is 2. The number of para-hydroxylation sites is 1. The zero-order valence-electron chi connectivity index (χ0n) is 16.7. The maximum Gasteiger partial charge on any atom is 0.255 e. The third-order valence-corrected chi connectivity index (χ3v) is 4.82. The Morgan fingerprint density at radius 1 is 0.690 bits per heavy atom. The van der Waals surface area contributed by atoms with Crippen molar-refractivity contribution in [1.82, 2.24) is 0 Å². The first-order valence-corrected chi connectivity index (χ1v) is 9.53. The maximum atomic E-state index is 12.7. The van der Waals surface area contributed by atoms with E-state index in [1.54, 1.807) is 42.5 Å². The first-order valence-electron chi connectivity index (χ1n) is 9.53. The number of carbonyl (C=O) groups excluding carboxylic acids is 3. The van der Waals surface area contributed by atoms with Crippen molar-refractivity contribution in [3.8, 4) is 0 Å². The fraction of sp³-hybridized carbons (Fsp3) is 0.160. The van der Waals surface area contributed by atoms with Gasteiger partial charge >= 0.3 is 0 Å². The maximum absolute atomic E-state index is 12.7. The summed E-state index contributed by atoms with van der Waals surface area (Å²) in [5.41, 5.74) is 3.90. The molecule has 0 saturated heterocycles. The highest BCUT2D eigenvalue weighted by Gasteiger charge is 2.19. The summed E-state index contributed by atoms with van der Waals surface area (Å²) in [7, 11) is 0. The largest absolute Gasteiger partial charge is 0.321 e. The molecule has 1 N–H and O–H groups in total. The second-order valence-electron chi connectivity index (χ2n) is 7.25.